The van der Waals surface area contributed by atoms with Crippen molar-refractivity contribution in [2.24, 2.45) is 0 Å². The molecule has 6 nitrogen and oxygen atoms in total. The number of nitrogens with zero attached hydrogens (tertiary/aromatic N) is 3. The van der Waals surface area contributed by atoms with Crippen LogP contribution in [0.2, 0.25) is 0 Å². The SMILES string of the molecule is Cl.O=c1cc(C2CCNCC2)n2nc3cncc(Br)c3c2[nH]1. The van der Waals surface area contributed by atoms with E-state index in [0.717, 1.165) is 52.6 Å². The summed E-state index contributed by atoms with van der Waals surface area (Å²) in [5.41, 5.74) is 2.42. The Bertz CT molecular complexity index is 884. The van der Waals surface area contributed by atoms with E-state index in [-0.39, 0.29) is 18.0 Å². The predicted octanol–water partition coefficient (Wildman–Crippen LogP) is 2.22. The number of H-pyrrole nitrogens is 1. The molecule has 1 aliphatic heterocycles. The lowest BCUT2D eigenvalue weighted by molar-refractivity contribution is 0.446. The Morgan fingerprint density at radius 2 is 2.05 bits per heavy atom. The van der Waals surface area contributed by atoms with Crippen LogP contribution in [0.25, 0.3) is 16.6 Å². The lowest BCUT2D eigenvalue weighted by atomic mass is 9.94. The van der Waals surface area contributed by atoms with Gasteiger partial charge in [-0.25, -0.2) is 4.52 Å². The van der Waals surface area contributed by atoms with E-state index < -0.39 is 0 Å². The summed E-state index contributed by atoms with van der Waals surface area (Å²) < 4.78 is 2.71. The number of nitrogens with one attached hydrogen (secondary N) is 2. The quantitative estimate of drug-likeness (QED) is 0.674. The fraction of sp³-hybridized carbons (Fsp3) is 0.357. The van der Waals surface area contributed by atoms with Gasteiger partial charge < -0.3 is 10.3 Å². The van der Waals surface area contributed by atoms with Gasteiger partial charge in [0.25, 0.3) is 5.56 Å². The van der Waals surface area contributed by atoms with E-state index in [9.17, 15) is 4.79 Å². The van der Waals surface area contributed by atoms with E-state index in [4.69, 9.17) is 0 Å². The molecule has 1 fully saturated rings. The molecule has 0 aliphatic carbocycles. The Morgan fingerprint density at radius 3 is 2.82 bits per heavy atom. The van der Waals surface area contributed by atoms with Crippen LogP contribution in [0.15, 0.2) is 27.7 Å². The monoisotopic (exact) mass is 383 g/mol. The molecule has 116 valence electrons. The number of halogens is 2. The number of fused-ring (bicyclic) bond motifs is 3. The number of hydrogen-bond donors (Lipinski definition) is 2. The van der Waals surface area contributed by atoms with Crippen molar-refractivity contribution in [3.05, 3.63) is 39.0 Å². The molecule has 0 unspecified atom stereocenters. The Labute approximate surface area is 140 Å². The van der Waals surface area contributed by atoms with Gasteiger partial charge in [-0.3, -0.25) is 9.78 Å². The zero-order chi connectivity index (χ0) is 14.4. The molecular weight excluding hydrogens is 370 g/mol. The van der Waals surface area contributed by atoms with Crippen LogP contribution < -0.4 is 10.9 Å². The molecule has 2 N–H and O–H groups in total. The van der Waals surface area contributed by atoms with Gasteiger partial charge in [-0.1, -0.05) is 0 Å². The molecule has 0 saturated carbocycles. The van der Waals surface area contributed by atoms with Crippen LogP contribution in [0, 0.1) is 0 Å². The summed E-state index contributed by atoms with van der Waals surface area (Å²) in [6, 6.07) is 1.68. The van der Waals surface area contributed by atoms with Gasteiger partial charge in [0.15, 0.2) is 0 Å². The third-order valence-corrected chi connectivity index (χ3v) is 4.66. The fourth-order valence-electron chi connectivity index (χ4n) is 3.06. The first-order chi connectivity index (χ1) is 10.2. The van der Waals surface area contributed by atoms with Gasteiger partial charge in [0.05, 0.1) is 17.3 Å². The summed E-state index contributed by atoms with van der Waals surface area (Å²) in [6.45, 7) is 1.95. The van der Waals surface area contributed by atoms with Gasteiger partial charge in [0.2, 0.25) is 0 Å². The number of piperidine rings is 1. The lowest BCUT2D eigenvalue weighted by Crippen LogP contribution is -2.28. The van der Waals surface area contributed by atoms with E-state index in [1.54, 1.807) is 18.5 Å². The number of aromatic nitrogens is 4. The fourth-order valence-corrected chi connectivity index (χ4v) is 3.57. The molecule has 0 radical (unpaired) electrons. The maximum absolute atomic E-state index is 12.1. The third-order valence-electron chi connectivity index (χ3n) is 4.06. The zero-order valence-electron chi connectivity index (χ0n) is 11.7. The van der Waals surface area contributed by atoms with Gasteiger partial charge in [-0.05, 0) is 41.9 Å². The second-order valence-corrected chi connectivity index (χ2v) is 6.21. The van der Waals surface area contributed by atoms with Crippen molar-refractivity contribution < 1.29 is 0 Å². The Hall–Kier alpha value is -1.44. The molecule has 0 atom stereocenters. The second-order valence-electron chi connectivity index (χ2n) is 5.36. The number of aromatic amines is 1. The largest absolute Gasteiger partial charge is 0.317 e. The summed E-state index contributed by atoms with van der Waals surface area (Å²) in [6.07, 6.45) is 5.49. The van der Waals surface area contributed by atoms with Crippen LogP contribution in [0.1, 0.15) is 24.5 Å². The molecule has 4 heterocycles. The van der Waals surface area contributed by atoms with E-state index in [0.29, 0.717) is 5.92 Å². The van der Waals surface area contributed by atoms with E-state index in [2.05, 4.69) is 36.3 Å². The second kappa shape index (κ2) is 5.98. The van der Waals surface area contributed by atoms with Gasteiger partial charge in [-0.2, -0.15) is 5.10 Å². The van der Waals surface area contributed by atoms with Gasteiger partial charge in [-0.15, -0.1) is 12.4 Å². The summed E-state index contributed by atoms with van der Waals surface area (Å²) >= 11 is 3.49. The minimum absolute atomic E-state index is 0. The summed E-state index contributed by atoms with van der Waals surface area (Å²) in [5, 5.41) is 8.88. The molecule has 0 aromatic carbocycles. The lowest BCUT2D eigenvalue weighted by Gasteiger charge is -2.23. The van der Waals surface area contributed by atoms with E-state index in [1.807, 2.05) is 4.52 Å². The predicted molar refractivity (Wildman–Crippen MR) is 90.9 cm³/mol. The van der Waals surface area contributed by atoms with Gasteiger partial charge >= 0.3 is 0 Å². The van der Waals surface area contributed by atoms with Crippen LogP contribution in [0.3, 0.4) is 0 Å². The molecule has 0 bridgehead atoms. The Balaban J connectivity index is 0.00000144. The van der Waals surface area contributed by atoms with Gasteiger partial charge in [0, 0.05) is 22.7 Å². The highest BCUT2D eigenvalue weighted by atomic mass is 79.9. The van der Waals surface area contributed by atoms with E-state index in [1.165, 1.54) is 0 Å². The molecule has 0 amide bonds. The maximum atomic E-state index is 12.1. The van der Waals surface area contributed by atoms with Crippen LogP contribution in [-0.4, -0.2) is 32.7 Å². The molecule has 0 spiro atoms. The average Bonchev–Trinajstić information content (AvgIpc) is 2.87. The highest BCUT2D eigenvalue weighted by molar-refractivity contribution is 9.10. The summed E-state index contributed by atoms with van der Waals surface area (Å²) in [4.78, 5) is 19.1. The molecule has 4 rings (SSSR count). The van der Waals surface area contributed by atoms with Crippen molar-refractivity contribution in [1.82, 2.24) is 24.9 Å². The molecule has 3 aromatic heterocycles. The maximum Gasteiger partial charge on any atom is 0.251 e. The van der Waals surface area contributed by atoms with Crippen molar-refractivity contribution >= 4 is 44.9 Å². The number of pyridine rings is 1. The minimum Gasteiger partial charge on any atom is -0.317 e. The van der Waals surface area contributed by atoms with Gasteiger partial charge in [0.1, 0.15) is 11.2 Å². The average molecular weight is 385 g/mol. The van der Waals surface area contributed by atoms with Crippen LogP contribution >= 0.6 is 28.3 Å². The van der Waals surface area contributed by atoms with Crippen LogP contribution in [0.5, 0.6) is 0 Å². The van der Waals surface area contributed by atoms with Crippen molar-refractivity contribution in [2.45, 2.75) is 18.8 Å². The van der Waals surface area contributed by atoms with Crippen molar-refractivity contribution in [3.63, 3.8) is 0 Å². The highest BCUT2D eigenvalue weighted by Crippen LogP contribution is 2.29. The standard InChI is InChI=1S/C14H14BrN5O.ClH/c15-9-6-17-7-10-13(9)14-18-12(21)5-11(20(14)19-10)8-1-3-16-4-2-8;/h5-8,16H,1-4H2,(H,18,21);1H. The highest BCUT2D eigenvalue weighted by Gasteiger charge is 2.21. The Kier molecular flexibility index (Phi) is 4.20. The van der Waals surface area contributed by atoms with Crippen LogP contribution in [-0.2, 0) is 0 Å². The smallest absolute Gasteiger partial charge is 0.251 e. The minimum atomic E-state index is -0.0819. The first-order valence-corrected chi connectivity index (χ1v) is 7.79. The molecule has 8 heteroatoms. The zero-order valence-corrected chi connectivity index (χ0v) is 14.1. The number of rotatable bonds is 1. The van der Waals surface area contributed by atoms with Crippen LogP contribution in [0.4, 0.5) is 0 Å². The molecule has 1 saturated heterocycles. The molecule has 3 aromatic rings. The normalized spacial score (nSPS) is 16.0. The number of hydrogen-bond acceptors (Lipinski definition) is 4. The summed E-state index contributed by atoms with van der Waals surface area (Å²) in [5.74, 6) is 0.358. The molecule has 1 aliphatic rings. The van der Waals surface area contributed by atoms with Crippen molar-refractivity contribution in [3.8, 4) is 0 Å². The topological polar surface area (TPSA) is 75.1 Å². The summed E-state index contributed by atoms with van der Waals surface area (Å²) in [7, 11) is 0. The van der Waals surface area contributed by atoms with E-state index >= 15 is 0 Å². The molecule has 22 heavy (non-hydrogen) atoms. The Morgan fingerprint density at radius 1 is 1.27 bits per heavy atom. The molecular formula is C14H15BrClN5O. The van der Waals surface area contributed by atoms with Crippen molar-refractivity contribution in [1.29, 1.82) is 0 Å². The first kappa shape index (κ1) is 15.5. The van der Waals surface area contributed by atoms with Crippen molar-refractivity contribution in [2.75, 3.05) is 13.1 Å². The first-order valence-electron chi connectivity index (χ1n) is 7.00. The third kappa shape index (κ3) is 2.43.